The number of rotatable bonds is 6. The lowest BCUT2D eigenvalue weighted by molar-refractivity contribution is -0.271. The molecule has 4 rings (SSSR count). The second-order valence-electron chi connectivity index (χ2n) is 9.88. The molecule has 2 aliphatic rings. The predicted octanol–water partition coefficient (Wildman–Crippen LogP) is 4.94. The number of nitrogens with one attached hydrogen (secondary N) is 1. The van der Waals surface area contributed by atoms with Crippen molar-refractivity contribution in [1.29, 1.82) is 0 Å². The monoisotopic (exact) mass is 558 g/mol. The summed E-state index contributed by atoms with van der Waals surface area (Å²) in [5.41, 5.74) is -3.89. The lowest BCUT2D eigenvalue weighted by atomic mass is 9.62. The minimum absolute atomic E-state index is 0.0146. The zero-order valence-corrected chi connectivity index (χ0v) is 21.1. The first-order chi connectivity index (χ1) is 18.3. The van der Waals surface area contributed by atoms with Gasteiger partial charge in [-0.15, -0.1) is 0 Å². The molecule has 0 aromatic heterocycles. The number of nitrogens with zero attached hydrogens (tertiary/aromatic N) is 1. The molecule has 6 nitrogen and oxygen atoms in total. The second-order valence-corrected chi connectivity index (χ2v) is 9.88. The third-order valence-electron chi connectivity index (χ3n) is 7.67. The van der Waals surface area contributed by atoms with Gasteiger partial charge in [-0.25, -0.2) is 0 Å². The van der Waals surface area contributed by atoms with Crippen LogP contribution in [0.15, 0.2) is 54.6 Å². The Morgan fingerprint density at radius 2 is 1.62 bits per heavy atom. The van der Waals surface area contributed by atoms with Crippen LogP contribution in [-0.2, 0) is 19.9 Å². The van der Waals surface area contributed by atoms with Crippen LogP contribution in [0.5, 0.6) is 5.75 Å². The topological polar surface area (TPSA) is 67.9 Å². The molecule has 2 heterocycles. The number of hydrogen-bond donors (Lipinski definition) is 1. The van der Waals surface area contributed by atoms with E-state index in [1.807, 2.05) is 0 Å². The summed E-state index contributed by atoms with van der Waals surface area (Å²) in [6.45, 7) is -1.56. The molecule has 0 bridgehead atoms. The van der Waals surface area contributed by atoms with Crippen LogP contribution in [0.25, 0.3) is 0 Å². The van der Waals surface area contributed by atoms with Crippen LogP contribution in [0.1, 0.15) is 36.3 Å². The highest BCUT2D eigenvalue weighted by atomic mass is 19.4. The van der Waals surface area contributed by atoms with E-state index in [0.717, 1.165) is 12.0 Å². The lowest BCUT2D eigenvalue weighted by Gasteiger charge is -2.50. The molecule has 1 unspecified atom stereocenters. The van der Waals surface area contributed by atoms with E-state index < -0.39 is 41.8 Å². The Balaban J connectivity index is 1.62. The van der Waals surface area contributed by atoms with Crippen LogP contribution in [0, 0.1) is 5.41 Å². The van der Waals surface area contributed by atoms with Crippen molar-refractivity contribution in [2.45, 2.75) is 43.1 Å². The number of amides is 2. The van der Waals surface area contributed by atoms with Crippen molar-refractivity contribution in [2.75, 3.05) is 33.4 Å². The maximum absolute atomic E-state index is 14.4. The molecule has 2 aliphatic heterocycles. The third-order valence-corrected chi connectivity index (χ3v) is 7.67. The maximum atomic E-state index is 14.4. The molecular formula is C27H28F6N2O4. The zero-order chi connectivity index (χ0) is 28.5. The lowest BCUT2D eigenvalue weighted by Crippen LogP contribution is -2.60. The largest absolute Gasteiger partial charge is 0.484 e. The number of halogens is 6. The Morgan fingerprint density at radius 3 is 2.21 bits per heavy atom. The first-order valence-electron chi connectivity index (χ1n) is 12.3. The van der Waals surface area contributed by atoms with Crippen molar-refractivity contribution in [1.82, 2.24) is 10.2 Å². The van der Waals surface area contributed by atoms with Crippen molar-refractivity contribution in [3.63, 3.8) is 0 Å². The summed E-state index contributed by atoms with van der Waals surface area (Å²) in [4.78, 5) is 27.0. The smallest absolute Gasteiger partial charge is 0.430 e. The van der Waals surface area contributed by atoms with Crippen molar-refractivity contribution < 1.29 is 45.4 Å². The van der Waals surface area contributed by atoms with Gasteiger partial charge >= 0.3 is 12.4 Å². The average molecular weight is 559 g/mol. The van der Waals surface area contributed by atoms with Crippen LogP contribution in [-0.4, -0.2) is 62.4 Å². The van der Waals surface area contributed by atoms with Gasteiger partial charge in [0.15, 0.2) is 6.61 Å². The summed E-state index contributed by atoms with van der Waals surface area (Å²) in [5.74, 6) is -1.98. The molecule has 12 heteroatoms. The van der Waals surface area contributed by atoms with Gasteiger partial charge in [-0.3, -0.25) is 9.59 Å². The Kier molecular flexibility index (Phi) is 7.89. The van der Waals surface area contributed by atoms with Crippen LogP contribution < -0.4 is 10.1 Å². The number of ether oxygens (including phenoxy) is 2. The third kappa shape index (κ3) is 5.57. The SMILES string of the molecule is CO[C@@](C(=O)N1CCC2(CC1)CC(=O)NCC2c1ccccc1OCC(F)(F)F)(c1ccccc1)C(F)(F)F. The molecule has 2 aromatic carbocycles. The molecule has 2 fully saturated rings. The summed E-state index contributed by atoms with van der Waals surface area (Å²) in [7, 11) is 0.837. The Morgan fingerprint density at radius 1 is 1.00 bits per heavy atom. The fourth-order valence-corrected chi connectivity index (χ4v) is 5.74. The Labute approximate surface area is 221 Å². The molecular weight excluding hydrogens is 530 g/mol. The molecule has 1 N–H and O–H groups in total. The van der Waals surface area contributed by atoms with Crippen LogP contribution in [0.2, 0.25) is 0 Å². The minimum atomic E-state index is -5.06. The first kappa shape index (κ1) is 28.7. The van der Waals surface area contributed by atoms with E-state index in [-0.39, 0.29) is 56.1 Å². The molecule has 212 valence electrons. The van der Waals surface area contributed by atoms with E-state index in [2.05, 4.69) is 5.32 Å². The number of para-hydroxylation sites is 1. The van der Waals surface area contributed by atoms with Crippen LogP contribution in [0.4, 0.5) is 26.3 Å². The van der Waals surface area contributed by atoms with Crippen molar-refractivity contribution in [3.05, 3.63) is 65.7 Å². The predicted molar refractivity (Wildman–Crippen MR) is 128 cm³/mol. The number of methoxy groups -OCH3 is 1. The fourth-order valence-electron chi connectivity index (χ4n) is 5.74. The van der Waals surface area contributed by atoms with Crippen LogP contribution >= 0.6 is 0 Å². The molecule has 0 aliphatic carbocycles. The van der Waals surface area contributed by atoms with Crippen molar-refractivity contribution in [2.24, 2.45) is 5.41 Å². The Hall–Kier alpha value is -3.28. The number of carbonyl (C=O) groups excluding carboxylic acids is 2. The summed E-state index contributed by atoms with van der Waals surface area (Å²) < 4.78 is 91.9. The van der Waals surface area contributed by atoms with Gasteiger partial charge in [-0.05, 0) is 29.9 Å². The highest BCUT2D eigenvalue weighted by Crippen LogP contribution is 2.52. The van der Waals surface area contributed by atoms with E-state index in [9.17, 15) is 35.9 Å². The van der Waals surface area contributed by atoms with E-state index in [1.54, 1.807) is 12.1 Å². The van der Waals surface area contributed by atoms with Crippen molar-refractivity contribution >= 4 is 11.8 Å². The number of piperidine rings is 2. The summed E-state index contributed by atoms with van der Waals surface area (Å²) in [5, 5.41) is 2.74. The summed E-state index contributed by atoms with van der Waals surface area (Å²) >= 11 is 0. The van der Waals surface area contributed by atoms with Gasteiger partial charge in [-0.1, -0.05) is 48.5 Å². The number of benzene rings is 2. The average Bonchev–Trinajstić information content (AvgIpc) is 2.88. The number of alkyl halides is 6. The summed E-state index contributed by atoms with van der Waals surface area (Å²) in [6.07, 6.45) is -9.27. The summed E-state index contributed by atoms with van der Waals surface area (Å²) in [6, 6.07) is 12.9. The zero-order valence-electron chi connectivity index (χ0n) is 21.1. The van der Waals surface area contributed by atoms with Gasteiger partial charge in [0, 0.05) is 44.6 Å². The molecule has 1 spiro atoms. The molecule has 2 saturated heterocycles. The normalized spacial score (nSPS) is 21.3. The van der Waals surface area contributed by atoms with Gasteiger partial charge in [-0.2, -0.15) is 26.3 Å². The van der Waals surface area contributed by atoms with Gasteiger partial charge in [0.1, 0.15) is 5.75 Å². The van der Waals surface area contributed by atoms with E-state index in [0.29, 0.717) is 5.56 Å². The molecule has 2 atom stereocenters. The Bertz CT molecular complexity index is 1180. The fraction of sp³-hybridized carbons (Fsp3) is 0.481. The maximum Gasteiger partial charge on any atom is 0.430 e. The van der Waals surface area contributed by atoms with E-state index in [1.165, 1.54) is 42.5 Å². The molecule has 2 aromatic rings. The number of likely N-dealkylation sites (tertiary alicyclic amines) is 1. The molecule has 0 radical (unpaired) electrons. The quantitative estimate of drug-likeness (QED) is 0.510. The van der Waals surface area contributed by atoms with Gasteiger partial charge < -0.3 is 19.7 Å². The van der Waals surface area contributed by atoms with E-state index in [4.69, 9.17) is 9.47 Å². The standard InChI is InChI=1S/C27H28F6N2O4/c1-38-26(27(31,32)33,18-7-3-2-4-8-18)23(37)35-13-11-24(12-14-35)15-22(36)34-16-20(24)19-9-5-6-10-21(19)39-17-25(28,29)30/h2-10,20H,11-17H2,1H3,(H,34,36)/t20?,26-/m1/s1. The highest BCUT2D eigenvalue weighted by molar-refractivity contribution is 5.88. The minimum Gasteiger partial charge on any atom is -0.484 e. The van der Waals surface area contributed by atoms with Gasteiger partial charge in [0.05, 0.1) is 0 Å². The molecule has 2 amide bonds. The van der Waals surface area contributed by atoms with E-state index >= 15 is 0 Å². The molecule has 39 heavy (non-hydrogen) atoms. The van der Waals surface area contributed by atoms with Crippen LogP contribution in [0.3, 0.4) is 0 Å². The molecule has 0 saturated carbocycles. The first-order valence-corrected chi connectivity index (χ1v) is 12.3. The second kappa shape index (κ2) is 10.7. The van der Waals surface area contributed by atoms with Gasteiger partial charge in [0.25, 0.3) is 11.5 Å². The number of carbonyl (C=O) groups is 2. The van der Waals surface area contributed by atoms with Crippen molar-refractivity contribution in [3.8, 4) is 5.75 Å². The van der Waals surface area contributed by atoms with Gasteiger partial charge in [0.2, 0.25) is 5.91 Å². The highest BCUT2D eigenvalue weighted by Gasteiger charge is 2.64. The number of hydrogen-bond acceptors (Lipinski definition) is 4.